The molecule has 0 aliphatic carbocycles. The van der Waals surface area contributed by atoms with Gasteiger partial charge in [-0.05, 0) is 36.1 Å². The molecule has 0 saturated carbocycles. The first-order valence-electron chi connectivity index (χ1n) is 6.06. The van der Waals surface area contributed by atoms with Crippen LogP contribution in [0.1, 0.15) is 21.6 Å². The molecule has 1 aromatic carbocycles. The molecule has 3 aromatic rings. The minimum absolute atomic E-state index is 0.0673. The molecule has 0 aliphatic heterocycles. The van der Waals surface area contributed by atoms with Crippen molar-refractivity contribution < 1.29 is 4.79 Å². The van der Waals surface area contributed by atoms with E-state index in [4.69, 9.17) is 0 Å². The van der Waals surface area contributed by atoms with E-state index in [1.165, 1.54) is 0 Å². The largest absolute Gasteiger partial charge is 0.287 e. The summed E-state index contributed by atoms with van der Waals surface area (Å²) in [6.07, 6.45) is 5.10. The zero-order chi connectivity index (χ0) is 13.2. The third kappa shape index (κ3) is 2.10. The molecule has 0 bridgehead atoms. The van der Waals surface area contributed by atoms with Crippen LogP contribution < -0.4 is 0 Å². The number of hydrogen-bond donors (Lipinski definition) is 0. The molecule has 0 unspecified atom stereocenters. The topological polar surface area (TPSA) is 42.9 Å². The van der Waals surface area contributed by atoms with Crippen LogP contribution in [0.3, 0.4) is 0 Å². The Labute approximate surface area is 111 Å². The van der Waals surface area contributed by atoms with Crippen molar-refractivity contribution in [2.24, 2.45) is 0 Å². The minimum Gasteiger partial charge on any atom is -0.287 e. The molecule has 3 nitrogen and oxygen atoms in total. The lowest BCUT2D eigenvalue weighted by molar-refractivity contribution is 0.103. The Morgan fingerprint density at radius 1 is 1.11 bits per heavy atom. The van der Waals surface area contributed by atoms with E-state index < -0.39 is 0 Å². The van der Waals surface area contributed by atoms with Gasteiger partial charge in [-0.25, -0.2) is 0 Å². The number of nitrogens with zero attached hydrogens (tertiary/aromatic N) is 2. The molecule has 0 fully saturated rings. The van der Waals surface area contributed by atoms with E-state index in [1.807, 2.05) is 37.3 Å². The number of ketones is 1. The third-order valence-electron chi connectivity index (χ3n) is 3.08. The van der Waals surface area contributed by atoms with E-state index in [0.29, 0.717) is 11.3 Å². The molecule has 3 heteroatoms. The molecule has 0 saturated heterocycles. The van der Waals surface area contributed by atoms with Gasteiger partial charge >= 0.3 is 0 Å². The molecule has 0 radical (unpaired) electrons. The van der Waals surface area contributed by atoms with Crippen molar-refractivity contribution >= 4 is 16.6 Å². The van der Waals surface area contributed by atoms with Crippen molar-refractivity contribution in [3.63, 3.8) is 0 Å². The van der Waals surface area contributed by atoms with E-state index >= 15 is 0 Å². The van der Waals surface area contributed by atoms with Gasteiger partial charge in [0, 0.05) is 29.5 Å². The molecule has 19 heavy (non-hydrogen) atoms. The monoisotopic (exact) mass is 248 g/mol. The quantitative estimate of drug-likeness (QED) is 0.654. The van der Waals surface area contributed by atoms with Gasteiger partial charge in [-0.2, -0.15) is 0 Å². The zero-order valence-corrected chi connectivity index (χ0v) is 10.5. The highest BCUT2D eigenvalue weighted by molar-refractivity contribution is 6.15. The maximum absolute atomic E-state index is 12.5. The highest BCUT2D eigenvalue weighted by atomic mass is 16.1. The first-order valence-corrected chi connectivity index (χ1v) is 6.06. The Balaban J connectivity index is 2.17. The van der Waals surface area contributed by atoms with Crippen LogP contribution in [0.4, 0.5) is 0 Å². The standard InChI is InChI=1S/C16H12N2O/c1-11-5-8-18-15(9-11)16(19)13-4-2-3-12-6-7-17-10-14(12)13/h2-10H,1H3. The zero-order valence-electron chi connectivity index (χ0n) is 10.5. The summed E-state index contributed by atoms with van der Waals surface area (Å²) in [4.78, 5) is 20.8. The summed E-state index contributed by atoms with van der Waals surface area (Å²) in [6.45, 7) is 1.95. The predicted octanol–water partition coefficient (Wildman–Crippen LogP) is 3.17. The lowest BCUT2D eigenvalue weighted by Crippen LogP contribution is -2.05. The van der Waals surface area contributed by atoms with Gasteiger partial charge in [0.15, 0.2) is 0 Å². The van der Waals surface area contributed by atoms with Crippen LogP contribution in [0.25, 0.3) is 10.8 Å². The van der Waals surface area contributed by atoms with Gasteiger partial charge in [0.2, 0.25) is 5.78 Å². The highest BCUT2D eigenvalue weighted by Gasteiger charge is 2.13. The Hall–Kier alpha value is -2.55. The van der Waals surface area contributed by atoms with Crippen LogP contribution in [0.15, 0.2) is 55.0 Å². The van der Waals surface area contributed by atoms with Gasteiger partial charge in [-0.15, -0.1) is 0 Å². The first-order chi connectivity index (χ1) is 9.25. The van der Waals surface area contributed by atoms with Gasteiger partial charge in [-0.3, -0.25) is 14.8 Å². The average molecular weight is 248 g/mol. The number of carbonyl (C=O) groups is 1. The average Bonchev–Trinajstić information content (AvgIpc) is 2.46. The van der Waals surface area contributed by atoms with Crippen molar-refractivity contribution in [3.8, 4) is 0 Å². The predicted molar refractivity (Wildman–Crippen MR) is 74.1 cm³/mol. The lowest BCUT2D eigenvalue weighted by Gasteiger charge is -2.05. The van der Waals surface area contributed by atoms with Crippen LogP contribution >= 0.6 is 0 Å². The fourth-order valence-electron chi connectivity index (χ4n) is 2.11. The number of hydrogen-bond acceptors (Lipinski definition) is 3. The molecule has 0 spiro atoms. The van der Waals surface area contributed by atoms with Crippen molar-refractivity contribution in [1.82, 2.24) is 9.97 Å². The number of aromatic nitrogens is 2. The van der Waals surface area contributed by atoms with Crippen molar-refractivity contribution in [1.29, 1.82) is 0 Å². The Kier molecular flexibility index (Phi) is 2.80. The van der Waals surface area contributed by atoms with Crippen molar-refractivity contribution in [2.75, 3.05) is 0 Å². The fraction of sp³-hybridized carbons (Fsp3) is 0.0625. The number of fused-ring (bicyclic) bond motifs is 1. The molecule has 2 heterocycles. The van der Waals surface area contributed by atoms with Crippen LogP contribution in [0.2, 0.25) is 0 Å². The van der Waals surface area contributed by atoms with E-state index in [9.17, 15) is 4.79 Å². The minimum atomic E-state index is -0.0673. The summed E-state index contributed by atoms with van der Waals surface area (Å²) >= 11 is 0. The van der Waals surface area contributed by atoms with Crippen LogP contribution in [-0.4, -0.2) is 15.8 Å². The summed E-state index contributed by atoms with van der Waals surface area (Å²) in [5.41, 5.74) is 2.14. The van der Waals surface area contributed by atoms with Crippen LogP contribution in [-0.2, 0) is 0 Å². The van der Waals surface area contributed by atoms with Gasteiger partial charge in [0.05, 0.1) is 0 Å². The van der Waals surface area contributed by atoms with Crippen LogP contribution in [0, 0.1) is 6.92 Å². The Morgan fingerprint density at radius 3 is 2.84 bits per heavy atom. The summed E-state index contributed by atoms with van der Waals surface area (Å²) in [5.74, 6) is -0.0673. The second kappa shape index (κ2) is 4.61. The second-order valence-electron chi connectivity index (χ2n) is 4.45. The van der Waals surface area contributed by atoms with E-state index in [-0.39, 0.29) is 5.78 Å². The van der Waals surface area contributed by atoms with Gasteiger partial charge in [0.25, 0.3) is 0 Å². The molecule has 3 rings (SSSR count). The van der Waals surface area contributed by atoms with E-state index in [2.05, 4.69) is 9.97 Å². The van der Waals surface area contributed by atoms with Gasteiger partial charge in [0.1, 0.15) is 5.69 Å². The lowest BCUT2D eigenvalue weighted by atomic mass is 10.0. The Bertz CT molecular complexity index is 760. The van der Waals surface area contributed by atoms with E-state index in [1.54, 1.807) is 24.7 Å². The SMILES string of the molecule is Cc1ccnc(C(=O)c2cccc3ccncc23)c1. The number of aryl methyl sites for hydroxylation is 1. The molecule has 92 valence electrons. The molecule has 0 N–H and O–H groups in total. The summed E-state index contributed by atoms with van der Waals surface area (Å²) < 4.78 is 0. The first kappa shape index (κ1) is 11.5. The summed E-state index contributed by atoms with van der Waals surface area (Å²) in [5, 5.41) is 1.87. The maximum Gasteiger partial charge on any atom is 0.212 e. The molecule has 0 aliphatic rings. The smallest absolute Gasteiger partial charge is 0.212 e. The third-order valence-corrected chi connectivity index (χ3v) is 3.08. The maximum atomic E-state index is 12.5. The number of pyridine rings is 2. The van der Waals surface area contributed by atoms with Crippen molar-refractivity contribution in [3.05, 3.63) is 71.8 Å². The summed E-state index contributed by atoms with van der Waals surface area (Å²) in [6, 6.07) is 11.2. The normalized spacial score (nSPS) is 10.6. The Morgan fingerprint density at radius 2 is 2.00 bits per heavy atom. The van der Waals surface area contributed by atoms with Crippen molar-refractivity contribution in [2.45, 2.75) is 6.92 Å². The van der Waals surface area contributed by atoms with Gasteiger partial charge in [-0.1, -0.05) is 18.2 Å². The fourth-order valence-corrected chi connectivity index (χ4v) is 2.11. The number of rotatable bonds is 2. The van der Waals surface area contributed by atoms with Gasteiger partial charge < -0.3 is 0 Å². The van der Waals surface area contributed by atoms with Crippen LogP contribution in [0.5, 0.6) is 0 Å². The number of benzene rings is 1. The number of carbonyl (C=O) groups excluding carboxylic acids is 1. The second-order valence-corrected chi connectivity index (χ2v) is 4.45. The molecule has 0 amide bonds. The summed E-state index contributed by atoms with van der Waals surface area (Å²) in [7, 11) is 0. The molecular weight excluding hydrogens is 236 g/mol. The molecule has 2 aromatic heterocycles. The van der Waals surface area contributed by atoms with E-state index in [0.717, 1.165) is 16.3 Å². The highest BCUT2D eigenvalue weighted by Crippen LogP contribution is 2.20. The molecule has 0 atom stereocenters. The molecular formula is C16H12N2O.